The van der Waals surface area contributed by atoms with Gasteiger partial charge in [-0.05, 0) is 42.5 Å². The predicted octanol–water partition coefficient (Wildman–Crippen LogP) is 3.23. The summed E-state index contributed by atoms with van der Waals surface area (Å²) in [6, 6.07) is 5.83. The van der Waals surface area contributed by atoms with Gasteiger partial charge in [-0.25, -0.2) is 8.42 Å². The molecule has 2 unspecified atom stereocenters. The summed E-state index contributed by atoms with van der Waals surface area (Å²) in [5, 5.41) is 9.11. The number of alkyl halides is 3. The summed E-state index contributed by atoms with van der Waals surface area (Å²) < 4.78 is 66.4. The Kier molecular flexibility index (Phi) is 7.20. The highest BCUT2D eigenvalue weighted by Crippen LogP contribution is 2.30. The first kappa shape index (κ1) is 24.5. The minimum atomic E-state index is -4.63. The molecule has 1 aromatic heterocycles. The van der Waals surface area contributed by atoms with E-state index in [1.165, 1.54) is 35.6 Å². The van der Waals surface area contributed by atoms with E-state index in [0.717, 1.165) is 22.7 Å². The summed E-state index contributed by atoms with van der Waals surface area (Å²) in [6.45, 7) is 5.00. The second kappa shape index (κ2) is 9.40. The molecule has 1 aliphatic rings. The molecule has 0 aliphatic carbocycles. The lowest BCUT2D eigenvalue weighted by molar-refractivity contribution is -0.147. The molecule has 1 amide bonds. The number of carbonyl (C=O) groups excluding carboxylic acids is 1. The summed E-state index contributed by atoms with van der Waals surface area (Å²) in [5.41, 5.74) is 0.379. The van der Waals surface area contributed by atoms with Crippen LogP contribution in [-0.2, 0) is 28.0 Å². The molecule has 13 heteroatoms. The fourth-order valence-electron chi connectivity index (χ4n) is 3.68. The van der Waals surface area contributed by atoms with Gasteiger partial charge in [-0.3, -0.25) is 4.79 Å². The van der Waals surface area contributed by atoms with Gasteiger partial charge in [0.15, 0.2) is 5.16 Å². The van der Waals surface area contributed by atoms with Crippen molar-refractivity contribution in [3.8, 4) is 0 Å². The van der Waals surface area contributed by atoms with Gasteiger partial charge in [0.25, 0.3) is 0 Å². The van der Waals surface area contributed by atoms with Gasteiger partial charge in [0.05, 0.1) is 10.6 Å². The fraction of sp³-hybridized carbons (Fsp3) is 0.526. The number of anilines is 1. The van der Waals surface area contributed by atoms with Crippen molar-refractivity contribution in [3.05, 3.63) is 30.1 Å². The number of aromatic nitrogens is 3. The van der Waals surface area contributed by atoms with E-state index in [1.807, 2.05) is 13.8 Å². The summed E-state index contributed by atoms with van der Waals surface area (Å²) >= 11 is 0.813. The molecule has 2 heterocycles. The highest BCUT2D eigenvalue weighted by atomic mass is 32.2. The number of amides is 1. The van der Waals surface area contributed by atoms with Gasteiger partial charge in [-0.2, -0.15) is 17.5 Å². The lowest BCUT2D eigenvalue weighted by atomic mass is 9.94. The molecule has 2 aromatic rings. The molecule has 1 fully saturated rings. The summed E-state index contributed by atoms with van der Waals surface area (Å²) in [5.74, 6) is -1.24. The van der Waals surface area contributed by atoms with Crippen molar-refractivity contribution in [2.45, 2.75) is 36.5 Å². The lowest BCUT2D eigenvalue weighted by Crippen LogP contribution is -2.42. The van der Waals surface area contributed by atoms with Crippen LogP contribution in [0.3, 0.4) is 0 Å². The zero-order chi connectivity index (χ0) is 23.7. The largest absolute Gasteiger partial charge is 0.451 e. The van der Waals surface area contributed by atoms with Gasteiger partial charge in [0.1, 0.15) is 0 Å². The highest BCUT2D eigenvalue weighted by Gasteiger charge is 2.37. The summed E-state index contributed by atoms with van der Waals surface area (Å²) in [6.07, 6.45) is -3.64. The van der Waals surface area contributed by atoms with E-state index in [4.69, 9.17) is 0 Å². The number of carbonyl (C=O) groups is 1. The number of benzene rings is 1. The Hall–Kier alpha value is -2.12. The third-order valence-electron chi connectivity index (χ3n) is 5.03. The van der Waals surface area contributed by atoms with E-state index in [0.29, 0.717) is 18.8 Å². The average Bonchev–Trinajstić information content (AvgIpc) is 3.07. The minimum Gasteiger partial charge on any atom is -0.325 e. The van der Waals surface area contributed by atoms with Crippen LogP contribution in [0, 0.1) is 11.8 Å². The molecule has 8 nitrogen and oxygen atoms in total. The molecule has 32 heavy (non-hydrogen) atoms. The minimum absolute atomic E-state index is 0.0427. The van der Waals surface area contributed by atoms with E-state index in [1.54, 1.807) is 0 Å². The van der Waals surface area contributed by atoms with Crippen LogP contribution in [-0.4, -0.2) is 52.2 Å². The van der Waals surface area contributed by atoms with E-state index in [2.05, 4.69) is 15.5 Å². The van der Waals surface area contributed by atoms with Gasteiger partial charge < -0.3 is 9.88 Å². The molecule has 0 bridgehead atoms. The molecule has 2 atom stereocenters. The SMILES string of the molecule is CC1CC(C)CN(S(=O)(=O)c2ccc(NC(=O)CSc3nnc(C(F)(F)F)n3C)cc2)C1. The first-order valence-corrected chi connectivity index (χ1v) is 12.3. The zero-order valence-electron chi connectivity index (χ0n) is 17.8. The molecular formula is C19H24F3N5O3S2. The average molecular weight is 492 g/mol. The predicted molar refractivity (Wildman–Crippen MR) is 114 cm³/mol. The van der Waals surface area contributed by atoms with E-state index in [9.17, 15) is 26.4 Å². The molecule has 0 spiro atoms. The molecule has 1 N–H and O–H groups in total. The number of nitrogens with one attached hydrogen (secondary N) is 1. The number of hydrogen-bond acceptors (Lipinski definition) is 6. The fourth-order valence-corrected chi connectivity index (χ4v) is 6.07. The highest BCUT2D eigenvalue weighted by molar-refractivity contribution is 7.99. The number of halogens is 3. The van der Waals surface area contributed by atoms with Crippen LogP contribution in [0.15, 0.2) is 34.3 Å². The van der Waals surface area contributed by atoms with Gasteiger partial charge in [0.2, 0.25) is 21.8 Å². The molecule has 1 aliphatic heterocycles. The zero-order valence-corrected chi connectivity index (χ0v) is 19.4. The molecule has 1 aromatic carbocycles. The maximum atomic E-state index is 12.9. The smallest absolute Gasteiger partial charge is 0.325 e. The van der Waals surface area contributed by atoms with Gasteiger partial charge in [0, 0.05) is 25.8 Å². The molecule has 0 radical (unpaired) electrons. The quantitative estimate of drug-likeness (QED) is 0.624. The first-order chi connectivity index (χ1) is 14.9. The first-order valence-electron chi connectivity index (χ1n) is 9.87. The molecule has 0 saturated carbocycles. The Morgan fingerprint density at radius 2 is 1.75 bits per heavy atom. The topological polar surface area (TPSA) is 97.2 Å². The van der Waals surface area contributed by atoms with Crippen molar-refractivity contribution in [2.24, 2.45) is 18.9 Å². The van der Waals surface area contributed by atoms with E-state index in [-0.39, 0.29) is 27.6 Å². The van der Waals surface area contributed by atoms with Gasteiger partial charge in [-0.1, -0.05) is 25.6 Å². The number of nitrogens with zero attached hydrogens (tertiary/aromatic N) is 4. The summed E-state index contributed by atoms with van der Waals surface area (Å²) in [4.78, 5) is 12.3. The second-order valence-electron chi connectivity index (χ2n) is 7.99. The second-order valence-corrected chi connectivity index (χ2v) is 10.9. The van der Waals surface area contributed by atoms with Crippen molar-refractivity contribution in [1.82, 2.24) is 19.1 Å². The van der Waals surface area contributed by atoms with Crippen LogP contribution in [0.2, 0.25) is 0 Å². The molecular weight excluding hydrogens is 467 g/mol. The summed E-state index contributed by atoms with van der Waals surface area (Å²) in [7, 11) is -2.45. The molecule has 3 rings (SSSR count). The van der Waals surface area contributed by atoms with Crippen LogP contribution < -0.4 is 5.32 Å². The standard InChI is InChI=1S/C19H24F3N5O3S2/c1-12-8-13(2)10-27(9-12)32(29,30)15-6-4-14(5-7-15)23-16(28)11-31-18-25-24-17(26(18)3)19(20,21)22/h4-7,12-13H,8-11H2,1-3H3,(H,23,28). The Bertz CT molecular complexity index is 1060. The third kappa shape index (κ3) is 5.62. The van der Waals surface area contributed by atoms with Crippen molar-refractivity contribution in [3.63, 3.8) is 0 Å². The van der Waals surface area contributed by atoms with E-state index >= 15 is 0 Å². The van der Waals surface area contributed by atoms with Crippen molar-refractivity contribution in [1.29, 1.82) is 0 Å². The Morgan fingerprint density at radius 1 is 1.16 bits per heavy atom. The Balaban J connectivity index is 1.60. The van der Waals surface area contributed by atoms with E-state index < -0.39 is 27.9 Å². The number of piperidine rings is 1. The van der Waals surface area contributed by atoms with Crippen LogP contribution in [0.1, 0.15) is 26.1 Å². The van der Waals surface area contributed by atoms with Crippen molar-refractivity contribution < 1.29 is 26.4 Å². The molecule has 176 valence electrons. The lowest BCUT2D eigenvalue weighted by Gasteiger charge is -2.34. The van der Waals surface area contributed by atoms with Crippen LogP contribution in [0.4, 0.5) is 18.9 Å². The van der Waals surface area contributed by atoms with Gasteiger partial charge >= 0.3 is 6.18 Å². The normalized spacial score (nSPS) is 20.3. The third-order valence-corrected chi connectivity index (χ3v) is 7.90. The van der Waals surface area contributed by atoms with Crippen LogP contribution in [0.5, 0.6) is 0 Å². The maximum Gasteiger partial charge on any atom is 0.451 e. The van der Waals surface area contributed by atoms with Crippen LogP contribution >= 0.6 is 11.8 Å². The Labute approximate surface area is 188 Å². The van der Waals surface area contributed by atoms with Gasteiger partial charge in [-0.15, -0.1) is 10.2 Å². The van der Waals surface area contributed by atoms with Crippen molar-refractivity contribution in [2.75, 3.05) is 24.2 Å². The van der Waals surface area contributed by atoms with Crippen molar-refractivity contribution >= 4 is 33.4 Å². The monoisotopic (exact) mass is 491 g/mol. The number of sulfonamides is 1. The number of rotatable bonds is 6. The maximum absolute atomic E-state index is 12.9. The molecule has 1 saturated heterocycles. The number of hydrogen-bond donors (Lipinski definition) is 1. The Morgan fingerprint density at radius 3 is 2.28 bits per heavy atom. The van der Waals surface area contributed by atoms with Crippen LogP contribution in [0.25, 0.3) is 0 Å². The number of thioether (sulfide) groups is 1.